The van der Waals surface area contributed by atoms with Gasteiger partial charge in [0.25, 0.3) is 0 Å². The lowest BCUT2D eigenvalue weighted by molar-refractivity contribution is -0.138. The van der Waals surface area contributed by atoms with Gasteiger partial charge in [-0.25, -0.2) is 0 Å². The Balaban J connectivity index is 1.68. The van der Waals surface area contributed by atoms with Gasteiger partial charge in [0.1, 0.15) is 0 Å². The third kappa shape index (κ3) is 4.66. The van der Waals surface area contributed by atoms with Crippen molar-refractivity contribution in [2.75, 3.05) is 39.3 Å². The fourth-order valence-electron chi connectivity index (χ4n) is 3.65. The molecule has 0 aromatic heterocycles. The van der Waals surface area contributed by atoms with Gasteiger partial charge in [0.2, 0.25) is 12.3 Å². The molecule has 1 atom stereocenters. The molecular weight excluding hydrogens is 361 g/mol. The van der Waals surface area contributed by atoms with Gasteiger partial charge in [-0.3, -0.25) is 9.59 Å². The molecule has 0 aliphatic carbocycles. The van der Waals surface area contributed by atoms with Crippen molar-refractivity contribution in [2.45, 2.75) is 25.3 Å². The molecular formula is C18H23Cl2N3O2. The summed E-state index contributed by atoms with van der Waals surface area (Å²) >= 11 is 12.0. The Labute approximate surface area is 158 Å². The van der Waals surface area contributed by atoms with E-state index in [9.17, 15) is 9.59 Å². The third-order valence-electron chi connectivity index (χ3n) is 4.99. The van der Waals surface area contributed by atoms with Crippen LogP contribution in [0.3, 0.4) is 0 Å². The number of piperazine rings is 1. The van der Waals surface area contributed by atoms with Gasteiger partial charge >= 0.3 is 0 Å². The Morgan fingerprint density at radius 2 is 1.88 bits per heavy atom. The largest absolute Gasteiger partial charge is 0.341 e. The molecule has 1 aromatic carbocycles. The normalized spacial score (nSPS) is 21.6. The monoisotopic (exact) mass is 383 g/mol. The molecule has 25 heavy (non-hydrogen) atoms. The van der Waals surface area contributed by atoms with Crippen LogP contribution in [0.1, 0.15) is 18.4 Å². The molecule has 0 bridgehead atoms. The molecule has 2 amide bonds. The predicted octanol–water partition coefficient (Wildman–Crippen LogP) is 2.30. The van der Waals surface area contributed by atoms with Crippen LogP contribution < -0.4 is 0 Å². The van der Waals surface area contributed by atoms with E-state index in [2.05, 4.69) is 4.90 Å². The summed E-state index contributed by atoms with van der Waals surface area (Å²) in [7, 11) is 0. The summed E-state index contributed by atoms with van der Waals surface area (Å²) in [6, 6.07) is 5.35. The Bertz CT molecular complexity index is 635. The molecule has 2 heterocycles. The predicted molar refractivity (Wildman–Crippen MR) is 99.0 cm³/mol. The molecule has 2 aliphatic heterocycles. The summed E-state index contributed by atoms with van der Waals surface area (Å²) in [5.41, 5.74) is 0.858. The number of carbonyl (C=O) groups excluding carboxylic acids is 2. The number of halogens is 2. The molecule has 1 aromatic rings. The minimum absolute atomic E-state index is 0.0484. The second kappa shape index (κ2) is 8.39. The van der Waals surface area contributed by atoms with E-state index >= 15 is 0 Å². The summed E-state index contributed by atoms with van der Waals surface area (Å²) < 4.78 is 0. The zero-order valence-corrected chi connectivity index (χ0v) is 15.7. The molecule has 2 saturated heterocycles. The molecule has 0 spiro atoms. The number of likely N-dealkylation sites (tertiary alicyclic amines) is 1. The third-order valence-corrected chi connectivity index (χ3v) is 5.73. The zero-order chi connectivity index (χ0) is 17.8. The van der Waals surface area contributed by atoms with Crippen LogP contribution in [-0.2, 0) is 16.0 Å². The maximum Gasteiger partial charge on any atom is 0.227 e. The van der Waals surface area contributed by atoms with Gasteiger partial charge in [0.05, 0.1) is 22.5 Å². The van der Waals surface area contributed by atoms with Crippen molar-refractivity contribution in [1.82, 2.24) is 14.7 Å². The quantitative estimate of drug-likeness (QED) is 0.732. The lowest BCUT2D eigenvalue weighted by atomic mass is 10.1. The van der Waals surface area contributed by atoms with Crippen molar-refractivity contribution in [2.24, 2.45) is 0 Å². The summed E-state index contributed by atoms with van der Waals surface area (Å²) in [6.07, 6.45) is 3.61. The molecule has 0 radical (unpaired) electrons. The lowest BCUT2D eigenvalue weighted by Crippen LogP contribution is -2.58. The number of amides is 2. The highest BCUT2D eigenvalue weighted by molar-refractivity contribution is 6.42. The summed E-state index contributed by atoms with van der Waals surface area (Å²) in [5, 5.41) is 0.954. The van der Waals surface area contributed by atoms with Gasteiger partial charge < -0.3 is 14.7 Å². The van der Waals surface area contributed by atoms with Crippen LogP contribution in [0.5, 0.6) is 0 Å². The average molecular weight is 384 g/mol. The summed E-state index contributed by atoms with van der Waals surface area (Å²) in [4.78, 5) is 30.1. The Morgan fingerprint density at radius 1 is 1.12 bits per heavy atom. The van der Waals surface area contributed by atoms with Crippen molar-refractivity contribution >= 4 is 35.5 Å². The van der Waals surface area contributed by atoms with Crippen LogP contribution in [0.25, 0.3) is 0 Å². The maximum absolute atomic E-state index is 12.9. The van der Waals surface area contributed by atoms with Crippen LogP contribution in [0.4, 0.5) is 0 Å². The average Bonchev–Trinajstić information content (AvgIpc) is 3.11. The summed E-state index contributed by atoms with van der Waals surface area (Å²) in [5.74, 6) is 0.0770. The number of nitrogens with zero attached hydrogens (tertiary/aromatic N) is 3. The van der Waals surface area contributed by atoms with Gasteiger partial charge in [-0.2, -0.15) is 0 Å². The smallest absolute Gasteiger partial charge is 0.227 e. The maximum atomic E-state index is 12.9. The summed E-state index contributed by atoms with van der Waals surface area (Å²) in [6.45, 7) is 4.76. The Morgan fingerprint density at radius 3 is 2.56 bits per heavy atom. The molecule has 136 valence electrons. The minimum atomic E-state index is 0.0484. The molecule has 7 heteroatoms. The molecule has 5 nitrogen and oxygen atoms in total. The molecule has 3 rings (SSSR count). The van der Waals surface area contributed by atoms with Crippen LogP contribution >= 0.6 is 23.2 Å². The van der Waals surface area contributed by atoms with Gasteiger partial charge in [-0.1, -0.05) is 29.3 Å². The van der Waals surface area contributed by atoms with Crippen molar-refractivity contribution in [3.63, 3.8) is 0 Å². The molecule has 2 fully saturated rings. The van der Waals surface area contributed by atoms with E-state index in [1.165, 1.54) is 12.8 Å². The number of rotatable bonds is 5. The van der Waals surface area contributed by atoms with E-state index in [0.29, 0.717) is 36.1 Å². The second-order valence-electron chi connectivity index (χ2n) is 6.77. The van der Waals surface area contributed by atoms with Crippen molar-refractivity contribution in [1.29, 1.82) is 0 Å². The van der Waals surface area contributed by atoms with E-state index in [-0.39, 0.29) is 11.9 Å². The van der Waals surface area contributed by atoms with Crippen molar-refractivity contribution < 1.29 is 9.59 Å². The Kier molecular flexibility index (Phi) is 6.20. The Hall–Kier alpha value is -1.30. The van der Waals surface area contributed by atoms with Crippen molar-refractivity contribution in [3.8, 4) is 0 Å². The number of carbonyl (C=O) groups is 2. The van der Waals surface area contributed by atoms with E-state index in [0.717, 1.165) is 31.6 Å². The number of hydrogen-bond acceptors (Lipinski definition) is 3. The van der Waals surface area contributed by atoms with Crippen LogP contribution in [0.15, 0.2) is 18.2 Å². The van der Waals surface area contributed by atoms with E-state index in [1.807, 2.05) is 11.0 Å². The second-order valence-corrected chi connectivity index (χ2v) is 7.59. The zero-order valence-electron chi connectivity index (χ0n) is 14.2. The van der Waals surface area contributed by atoms with Crippen molar-refractivity contribution in [3.05, 3.63) is 33.8 Å². The minimum Gasteiger partial charge on any atom is -0.341 e. The fraction of sp³-hybridized carbons (Fsp3) is 0.556. The van der Waals surface area contributed by atoms with E-state index < -0.39 is 0 Å². The highest BCUT2D eigenvalue weighted by Crippen LogP contribution is 2.23. The molecule has 0 saturated carbocycles. The highest BCUT2D eigenvalue weighted by Gasteiger charge is 2.31. The number of benzene rings is 1. The van der Waals surface area contributed by atoms with Crippen LogP contribution in [-0.4, -0.2) is 72.3 Å². The molecule has 0 N–H and O–H groups in total. The standard InChI is InChI=1S/C18H23Cl2N3O2/c19-16-4-3-14(9-17(16)20)10-18(25)23-8-7-22(13-24)12-15(23)11-21-5-1-2-6-21/h3-4,9,13,15H,1-2,5-8,10-12H2/t15-/m1/s1. The highest BCUT2D eigenvalue weighted by atomic mass is 35.5. The SMILES string of the molecule is O=CN1CCN(C(=O)Cc2ccc(Cl)c(Cl)c2)[C@H](CN2CCCC2)C1. The first-order valence-corrected chi connectivity index (χ1v) is 9.47. The van der Waals surface area contributed by atoms with E-state index in [1.54, 1.807) is 17.0 Å². The fourth-order valence-corrected chi connectivity index (χ4v) is 3.97. The first kappa shape index (κ1) is 18.5. The van der Waals surface area contributed by atoms with Crippen LogP contribution in [0.2, 0.25) is 10.0 Å². The number of hydrogen-bond donors (Lipinski definition) is 0. The first-order valence-electron chi connectivity index (χ1n) is 8.72. The van der Waals surface area contributed by atoms with Gasteiger partial charge in [-0.05, 0) is 43.6 Å². The van der Waals surface area contributed by atoms with E-state index in [4.69, 9.17) is 23.2 Å². The lowest BCUT2D eigenvalue weighted by Gasteiger charge is -2.41. The van der Waals surface area contributed by atoms with Gasteiger partial charge in [0.15, 0.2) is 0 Å². The first-order chi connectivity index (χ1) is 12.1. The topological polar surface area (TPSA) is 43.9 Å². The molecule has 0 unspecified atom stereocenters. The van der Waals surface area contributed by atoms with Crippen LogP contribution in [0, 0.1) is 0 Å². The van der Waals surface area contributed by atoms with Gasteiger partial charge in [-0.15, -0.1) is 0 Å². The van der Waals surface area contributed by atoms with Gasteiger partial charge in [0, 0.05) is 26.2 Å². The molecule has 2 aliphatic rings.